The molecule has 23 heavy (non-hydrogen) atoms. The van der Waals surface area contributed by atoms with Crippen molar-refractivity contribution in [3.8, 4) is 5.75 Å². The summed E-state index contributed by atoms with van der Waals surface area (Å²) in [7, 11) is 0. The van der Waals surface area contributed by atoms with Crippen molar-refractivity contribution >= 4 is 23.2 Å². The molecule has 0 radical (unpaired) electrons. The van der Waals surface area contributed by atoms with Crippen LogP contribution >= 0.6 is 23.2 Å². The molecule has 0 aliphatic carbocycles. The van der Waals surface area contributed by atoms with Gasteiger partial charge in [-0.05, 0) is 42.0 Å². The van der Waals surface area contributed by atoms with Gasteiger partial charge in [0.2, 0.25) is 0 Å². The van der Waals surface area contributed by atoms with Gasteiger partial charge in [0.15, 0.2) is 11.6 Å². The van der Waals surface area contributed by atoms with Crippen molar-refractivity contribution in [2.75, 3.05) is 0 Å². The topological polar surface area (TPSA) is 76.8 Å². The van der Waals surface area contributed by atoms with Crippen LogP contribution in [0.15, 0.2) is 48.5 Å². The molecule has 1 heterocycles. The summed E-state index contributed by atoms with van der Waals surface area (Å²) in [6.45, 7) is 0.266. The number of ether oxygens (including phenoxy) is 1. The van der Waals surface area contributed by atoms with Crippen LogP contribution < -0.4 is 10.5 Å². The maximum atomic E-state index is 6.16. The van der Waals surface area contributed by atoms with Gasteiger partial charge in [-0.15, -0.1) is 0 Å². The van der Waals surface area contributed by atoms with Crippen molar-refractivity contribution in [3.05, 3.63) is 75.8 Å². The molecule has 0 saturated carbocycles. The molecule has 3 aromatic rings. The fourth-order valence-corrected chi connectivity index (χ4v) is 2.27. The second-order valence-corrected chi connectivity index (χ2v) is 5.78. The fourth-order valence-electron chi connectivity index (χ4n) is 2.02. The molecule has 2 aromatic carbocycles. The highest BCUT2D eigenvalue weighted by molar-refractivity contribution is 6.30. The number of H-pyrrole nitrogens is 1. The molecule has 1 aromatic heterocycles. The zero-order valence-electron chi connectivity index (χ0n) is 12.0. The Morgan fingerprint density at radius 1 is 1.00 bits per heavy atom. The molecular weight excluding hydrogens is 335 g/mol. The summed E-state index contributed by atoms with van der Waals surface area (Å²) in [5.41, 5.74) is 7.05. The van der Waals surface area contributed by atoms with Gasteiger partial charge in [-0.3, -0.25) is 5.10 Å². The minimum absolute atomic E-state index is 0.266. The van der Waals surface area contributed by atoms with Gasteiger partial charge in [0, 0.05) is 10.0 Å². The lowest BCUT2D eigenvalue weighted by Crippen LogP contribution is -2.13. The molecule has 0 aliphatic heterocycles. The zero-order chi connectivity index (χ0) is 16.2. The quantitative estimate of drug-likeness (QED) is 0.736. The van der Waals surface area contributed by atoms with Gasteiger partial charge >= 0.3 is 0 Å². The van der Waals surface area contributed by atoms with Crippen molar-refractivity contribution in [2.24, 2.45) is 5.73 Å². The lowest BCUT2D eigenvalue weighted by molar-refractivity contribution is 0.296. The number of nitrogens with two attached hydrogens (primary N) is 1. The standard InChI is InChI=1S/C16H14Cl2N4O/c17-11-3-1-10(2-4-11)15(19)16-20-14(21-22-16)9-23-13-7-5-12(18)6-8-13/h1-8,15H,9,19H2,(H,20,21,22). The van der Waals surface area contributed by atoms with Gasteiger partial charge < -0.3 is 10.5 Å². The van der Waals surface area contributed by atoms with E-state index in [-0.39, 0.29) is 6.61 Å². The molecule has 0 fully saturated rings. The average Bonchev–Trinajstić information content (AvgIpc) is 3.03. The summed E-state index contributed by atoms with van der Waals surface area (Å²) in [6.07, 6.45) is 0. The highest BCUT2D eigenvalue weighted by atomic mass is 35.5. The number of rotatable bonds is 5. The average molecular weight is 349 g/mol. The normalized spacial score (nSPS) is 12.1. The Bertz CT molecular complexity index is 772. The van der Waals surface area contributed by atoms with E-state index in [0.29, 0.717) is 27.4 Å². The number of hydrogen-bond acceptors (Lipinski definition) is 4. The van der Waals surface area contributed by atoms with Gasteiger partial charge in [-0.1, -0.05) is 35.3 Å². The molecule has 7 heteroatoms. The lowest BCUT2D eigenvalue weighted by Gasteiger charge is -2.07. The molecule has 3 N–H and O–H groups in total. The fraction of sp³-hybridized carbons (Fsp3) is 0.125. The Labute approximate surface area is 143 Å². The molecule has 0 bridgehead atoms. The van der Waals surface area contributed by atoms with E-state index in [2.05, 4.69) is 15.2 Å². The Morgan fingerprint density at radius 3 is 2.26 bits per heavy atom. The molecule has 5 nitrogen and oxygen atoms in total. The van der Waals surface area contributed by atoms with Crippen LogP contribution in [0, 0.1) is 0 Å². The van der Waals surface area contributed by atoms with Gasteiger partial charge in [-0.25, -0.2) is 4.98 Å². The van der Waals surface area contributed by atoms with Crippen molar-refractivity contribution in [1.29, 1.82) is 0 Å². The number of hydrogen-bond donors (Lipinski definition) is 2. The van der Waals surface area contributed by atoms with E-state index in [9.17, 15) is 0 Å². The van der Waals surface area contributed by atoms with Crippen LogP contribution in [0.2, 0.25) is 10.0 Å². The van der Waals surface area contributed by atoms with Crippen LogP contribution in [0.1, 0.15) is 23.3 Å². The monoisotopic (exact) mass is 348 g/mol. The Balaban J connectivity index is 1.65. The smallest absolute Gasteiger partial charge is 0.172 e. The largest absolute Gasteiger partial charge is 0.486 e. The number of nitrogens with one attached hydrogen (secondary N) is 1. The van der Waals surface area contributed by atoms with E-state index in [1.165, 1.54) is 0 Å². The first kappa shape index (κ1) is 15.8. The van der Waals surface area contributed by atoms with E-state index in [1.807, 2.05) is 12.1 Å². The van der Waals surface area contributed by atoms with Crippen molar-refractivity contribution in [2.45, 2.75) is 12.6 Å². The minimum atomic E-state index is -0.423. The van der Waals surface area contributed by atoms with Gasteiger partial charge in [0.1, 0.15) is 12.4 Å². The summed E-state index contributed by atoms with van der Waals surface area (Å²) >= 11 is 11.7. The van der Waals surface area contributed by atoms with Crippen LogP contribution in [0.25, 0.3) is 0 Å². The van der Waals surface area contributed by atoms with Crippen LogP contribution in [0.3, 0.4) is 0 Å². The number of aromatic amines is 1. The van der Waals surface area contributed by atoms with Crippen molar-refractivity contribution in [1.82, 2.24) is 15.2 Å². The van der Waals surface area contributed by atoms with E-state index in [4.69, 9.17) is 33.7 Å². The zero-order valence-corrected chi connectivity index (χ0v) is 13.6. The number of benzene rings is 2. The van der Waals surface area contributed by atoms with Crippen molar-refractivity contribution < 1.29 is 4.74 Å². The molecule has 1 unspecified atom stereocenters. The van der Waals surface area contributed by atoms with Crippen molar-refractivity contribution in [3.63, 3.8) is 0 Å². The van der Waals surface area contributed by atoms with Gasteiger partial charge in [0.05, 0.1) is 6.04 Å². The number of halogens is 2. The summed E-state index contributed by atoms with van der Waals surface area (Å²) < 4.78 is 5.61. The van der Waals surface area contributed by atoms with E-state index < -0.39 is 6.04 Å². The van der Waals surface area contributed by atoms with Gasteiger partial charge in [-0.2, -0.15) is 5.10 Å². The predicted molar refractivity (Wildman–Crippen MR) is 89.6 cm³/mol. The molecular formula is C16H14Cl2N4O. The molecule has 0 amide bonds. The first-order valence-corrected chi connectivity index (χ1v) is 7.68. The van der Waals surface area contributed by atoms with Gasteiger partial charge in [0.25, 0.3) is 0 Å². The van der Waals surface area contributed by atoms with Crippen LogP contribution in [-0.4, -0.2) is 15.2 Å². The second-order valence-electron chi connectivity index (χ2n) is 4.91. The molecule has 1 atom stereocenters. The first-order valence-electron chi connectivity index (χ1n) is 6.92. The summed E-state index contributed by atoms with van der Waals surface area (Å²) in [5, 5.41) is 8.30. The summed E-state index contributed by atoms with van der Waals surface area (Å²) in [4.78, 5) is 4.37. The maximum Gasteiger partial charge on any atom is 0.172 e. The van der Waals surface area contributed by atoms with E-state index in [0.717, 1.165) is 5.56 Å². The van der Waals surface area contributed by atoms with Crippen LogP contribution in [0.5, 0.6) is 5.75 Å². The third-order valence-corrected chi connectivity index (χ3v) is 3.75. The molecule has 0 aliphatic rings. The summed E-state index contributed by atoms with van der Waals surface area (Å²) in [5.74, 6) is 1.80. The molecule has 3 rings (SSSR count). The number of nitrogens with zero attached hydrogens (tertiary/aromatic N) is 2. The highest BCUT2D eigenvalue weighted by Gasteiger charge is 2.14. The molecule has 0 saturated heterocycles. The Hall–Kier alpha value is -2.08. The highest BCUT2D eigenvalue weighted by Crippen LogP contribution is 2.19. The minimum Gasteiger partial charge on any atom is -0.486 e. The predicted octanol–water partition coefficient (Wildman–Crippen LogP) is 3.74. The maximum absolute atomic E-state index is 6.16. The molecule has 0 spiro atoms. The van der Waals surface area contributed by atoms with E-state index >= 15 is 0 Å². The number of aromatic nitrogens is 3. The third kappa shape index (κ3) is 4.01. The van der Waals surface area contributed by atoms with Crippen LogP contribution in [-0.2, 0) is 6.61 Å². The van der Waals surface area contributed by atoms with E-state index in [1.54, 1.807) is 36.4 Å². The molecule has 118 valence electrons. The second kappa shape index (κ2) is 7.00. The first-order chi connectivity index (χ1) is 11.1. The lowest BCUT2D eigenvalue weighted by atomic mass is 10.1. The Morgan fingerprint density at radius 2 is 1.61 bits per heavy atom. The third-order valence-electron chi connectivity index (χ3n) is 3.25. The summed E-state index contributed by atoms with van der Waals surface area (Å²) in [6, 6.07) is 14.0. The van der Waals surface area contributed by atoms with Crippen LogP contribution in [0.4, 0.5) is 0 Å². The SMILES string of the molecule is NC(c1ccc(Cl)cc1)c1n[nH]c(COc2ccc(Cl)cc2)n1. The Kier molecular flexibility index (Phi) is 4.81.